The SMILES string of the molecule is CCOC(=O)C(C)(CCN(C)C(C)CC)NC(C)C. The third-order valence-corrected chi connectivity index (χ3v) is 3.64. The molecule has 0 rings (SSSR count). The van der Waals surface area contributed by atoms with Crippen molar-refractivity contribution in [3.05, 3.63) is 0 Å². The quantitative estimate of drug-likeness (QED) is 0.655. The van der Waals surface area contributed by atoms with E-state index in [2.05, 4.69) is 45.0 Å². The normalized spacial score (nSPS) is 16.5. The van der Waals surface area contributed by atoms with E-state index in [9.17, 15) is 4.79 Å². The fourth-order valence-electron chi connectivity index (χ4n) is 2.09. The molecule has 2 unspecified atom stereocenters. The number of esters is 1. The largest absolute Gasteiger partial charge is 0.465 e. The van der Waals surface area contributed by atoms with Gasteiger partial charge in [0.2, 0.25) is 0 Å². The highest BCUT2D eigenvalue weighted by Crippen LogP contribution is 2.15. The van der Waals surface area contributed by atoms with Crippen LogP contribution < -0.4 is 5.32 Å². The van der Waals surface area contributed by atoms with Gasteiger partial charge < -0.3 is 9.64 Å². The number of carbonyl (C=O) groups excluding carboxylic acids is 1. The maximum Gasteiger partial charge on any atom is 0.326 e. The van der Waals surface area contributed by atoms with Crippen molar-refractivity contribution in [1.82, 2.24) is 10.2 Å². The number of hydrogen-bond acceptors (Lipinski definition) is 4. The van der Waals surface area contributed by atoms with E-state index in [0.29, 0.717) is 12.6 Å². The highest BCUT2D eigenvalue weighted by atomic mass is 16.5. The summed E-state index contributed by atoms with van der Waals surface area (Å²) >= 11 is 0. The third-order valence-electron chi connectivity index (χ3n) is 3.64. The van der Waals surface area contributed by atoms with Crippen LogP contribution in [0, 0.1) is 0 Å². The molecule has 0 saturated heterocycles. The lowest BCUT2D eigenvalue weighted by molar-refractivity contribution is -0.151. The first-order chi connectivity index (χ1) is 8.76. The summed E-state index contributed by atoms with van der Waals surface area (Å²) in [5.41, 5.74) is -0.605. The first-order valence-electron chi connectivity index (χ1n) is 7.42. The van der Waals surface area contributed by atoms with Crippen molar-refractivity contribution >= 4 is 5.97 Å². The van der Waals surface area contributed by atoms with Crippen LogP contribution in [0.1, 0.15) is 54.4 Å². The van der Waals surface area contributed by atoms with Crippen LogP contribution in [0.15, 0.2) is 0 Å². The Hall–Kier alpha value is -0.610. The molecule has 2 atom stereocenters. The van der Waals surface area contributed by atoms with Crippen LogP contribution in [0.25, 0.3) is 0 Å². The molecule has 19 heavy (non-hydrogen) atoms. The van der Waals surface area contributed by atoms with Crippen molar-refractivity contribution in [2.24, 2.45) is 0 Å². The molecule has 0 amide bonds. The van der Waals surface area contributed by atoms with Crippen LogP contribution in [-0.2, 0) is 9.53 Å². The van der Waals surface area contributed by atoms with E-state index in [-0.39, 0.29) is 12.0 Å². The number of rotatable bonds is 9. The number of ether oxygens (including phenoxy) is 1. The monoisotopic (exact) mass is 272 g/mol. The lowest BCUT2D eigenvalue weighted by Crippen LogP contribution is -2.54. The average molecular weight is 272 g/mol. The van der Waals surface area contributed by atoms with Crippen molar-refractivity contribution < 1.29 is 9.53 Å². The molecule has 0 aliphatic carbocycles. The Bertz CT molecular complexity index is 269. The van der Waals surface area contributed by atoms with E-state index < -0.39 is 5.54 Å². The van der Waals surface area contributed by atoms with E-state index in [1.807, 2.05) is 13.8 Å². The number of hydrogen-bond donors (Lipinski definition) is 1. The summed E-state index contributed by atoms with van der Waals surface area (Å²) < 4.78 is 5.21. The van der Waals surface area contributed by atoms with E-state index >= 15 is 0 Å². The zero-order chi connectivity index (χ0) is 15.1. The lowest BCUT2D eigenvalue weighted by Gasteiger charge is -2.33. The van der Waals surface area contributed by atoms with Gasteiger partial charge in [-0.25, -0.2) is 0 Å². The van der Waals surface area contributed by atoms with Crippen LogP contribution in [-0.4, -0.2) is 48.7 Å². The fraction of sp³-hybridized carbons (Fsp3) is 0.933. The molecule has 0 aliphatic heterocycles. The second-order valence-corrected chi connectivity index (χ2v) is 5.84. The van der Waals surface area contributed by atoms with Gasteiger partial charge in [-0.3, -0.25) is 10.1 Å². The fourth-order valence-corrected chi connectivity index (χ4v) is 2.09. The van der Waals surface area contributed by atoms with Gasteiger partial charge in [0.15, 0.2) is 0 Å². The van der Waals surface area contributed by atoms with Crippen molar-refractivity contribution in [3.8, 4) is 0 Å². The first kappa shape index (κ1) is 18.4. The Morgan fingerprint density at radius 3 is 2.32 bits per heavy atom. The molecule has 0 aromatic carbocycles. The van der Waals surface area contributed by atoms with E-state index in [1.54, 1.807) is 0 Å². The Labute approximate surface area is 118 Å². The second kappa shape index (κ2) is 8.54. The van der Waals surface area contributed by atoms with Crippen LogP contribution in [0.3, 0.4) is 0 Å². The van der Waals surface area contributed by atoms with Gasteiger partial charge in [-0.1, -0.05) is 6.92 Å². The summed E-state index contributed by atoms with van der Waals surface area (Å²) in [5, 5.41) is 3.35. The average Bonchev–Trinajstić information content (AvgIpc) is 2.34. The molecule has 0 radical (unpaired) electrons. The lowest BCUT2D eigenvalue weighted by atomic mass is 9.96. The van der Waals surface area contributed by atoms with E-state index in [1.165, 1.54) is 0 Å². The number of carbonyl (C=O) groups is 1. The Balaban J connectivity index is 4.63. The minimum Gasteiger partial charge on any atom is -0.465 e. The molecule has 0 aliphatic rings. The van der Waals surface area contributed by atoms with Gasteiger partial charge in [0.05, 0.1) is 6.61 Å². The van der Waals surface area contributed by atoms with Gasteiger partial charge in [0.1, 0.15) is 5.54 Å². The predicted molar refractivity (Wildman–Crippen MR) is 80.3 cm³/mol. The molecule has 4 nitrogen and oxygen atoms in total. The third kappa shape index (κ3) is 6.39. The molecule has 1 N–H and O–H groups in total. The zero-order valence-corrected chi connectivity index (χ0v) is 13.7. The van der Waals surface area contributed by atoms with Gasteiger partial charge in [0.25, 0.3) is 0 Å². The molecular formula is C15H32N2O2. The topological polar surface area (TPSA) is 41.6 Å². The predicted octanol–water partition coefficient (Wildman–Crippen LogP) is 2.43. The molecule has 0 bridgehead atoms. The summed E-state index contributed by atoms with van der Waals surface area (Å²) in [4.78, 5) is 14.4. The highest BCUT2D eigenvalue weighted by molar-refractivity contribution is 5.80. The molecule has 0 aromatic rings. The molecule has 0 heterocycles. The van der Waals surface area contributed by atoms with Gasteiger partial charge >= 0.3 is 5.97 Å². The van der Waals surface area contributed by atoms with Crippen LogP contribution in [0.5, 0.6) is 0 Å². The minimum absolute atomic E-state index is 0.152. The molecule has 114 valence electrons. The molecule has 0 spiro atoms. The molecule has 0 saturated carbocycles. The van der Waals surface area contributed by atoms with Gasteiger partial charge in [0, 0.05) is 18.6 Å². The maximum absolute atomic E-state index is 12.1. The van der Waals surface area contributed by atoms with E-state index in [4.69, 9.17) is 4.74 Å². The van der Waals surface area contributed by atoms with Crippen LogP contribution in [0.2, 0.25) is 0 Å². The molecule has 0 aromatic heterocycles. The van der Waals surface area contributed by atoms with Crippen molar-refractivity contribution in [2.45, 2.75) is 72.0 Å². The highest BCUT2D eigenvalue weighted by Gasteiger charge is 2.35. The van der Waals surface area contributed by atoms with Gasteiger partial charge in [-0.2, -0.15) is 0 Å². The first-order valence-corrected chi connectivity index (χ1v) is 7.42. The van der Waals surface area contributed by atoms with Crippen molar-refractivity contribution in [2.75, 3.05) is 20.2 Å². The zero-order valence-electron chi connectivity index (χ0n) is 13.7. The summed E-state index contributed by atoms with van der Waals surface area (Å²) in [6, 6.07) is 0.786. The summed E-state index contributed by atoms with van der Waals surface area (Å²) in [5.74, 6) is -0.152. The summed E-state index contributed by atoms with van der Waals surface area (Å²) in [6.45, 7) is 13.6. The Kier molecular flexibility index (Phi) is 8.26. The van der Waals surface area contributed by atoms with Crippen molar-refractivity contribution in [1.29, 1.82) is 0 Å². The smallest absolute Gasteiger partial charge is 0.326 e. The van der Waals surface area contributed by atoms with Crippen LogP contribution >= 0.6 is 0 Å². The van der Waals surface area contributed by atoms with Crippen molar-refractivity contribution in [3.63, 3.8) is 0 Å². The maximum atomic E-state index is 12.1. The summed E-state index contributed by atoms with van der Waals surface area (Å²) in [7, 11) is 2.11. The molecule has 4 heteroatoms. The van der Waals surface area contributed by atoms with Gasteiger partial charge in [-0.05, 0) is 54.5 Å². The number of nitrogens with zero attached hydrogens (tertiary/aromatic N) is 1. The van der Waals surface area contributed by atoms with E-state index in [0.717, 1.165) is 19.4 Å². The Morgan fingerprint density at radius 2 is 1.89 bits per heavy atom. The van der Waals surface area contributed by atoms with Gasteiger partial charge in [-0.15, -0.1) is 0 Å². The second-order valence-electron chi connectivity index (χ2n) is 5.84. The summed E-state index contributed by atoms with van der Waals surface area (Å²) in [6.07, 6.45) is 1.87. The van der Waals surface area contributed by atoms with Crippen LogP contribution in [0.4, 0.5) is 0 Å². The Morgan fingerprint density at radius 1 is 1.32 bits per heavy atom. The molecular weight excluding hydrogens is 240 g/mol. The minimum atomic E-state index is -0.605. The number of nitrogens with one attached hydrogen (secondary N) is 1. The standard InChI is InChI=1S/C15H32N2O2/c1-8-13(5)17(7)11-10-15(6,16-12(3)4)14(18)19-9-2/h12-13,16H,8-11H2,1-7H3. The molecule has 0 fully saturated rings.